The molecule has 436 valence electrons. The van der Waals surface area contributed by atoms with E-state index in [1.807, 2.05) is 36.7 Å². The Labute approximate surface area is 481 Å². The monoisotopic (exact) mass is 1150 g/mol. The van der Waals surface area contributed by atoms with Crippen LogP contribution >= 0.6 is 0 Å². The minimum atomic E-state index is -4.72. The zero-order valence-electron chi connectivity index (χ0n) is 46.6. The Balaban J connectivity index is 0.740. The Morgan fingerprint density at radius 3 is 2.58 bits per heavy atom. The first-order valence-corrected chi connectivity index (χ1v) is 30.7. The molecule has 5 fully saturated rings. The number of carbonyl (C=O) groups is 1. The summed E-state index contributed by atoms with van der Waals surface area (Å²) in [7, 11) is -4.72. The average molecular weight is 1150 g/mol. The number of piperazine rings is 1. The van der Waals surface area contributed by atoms with Crippen LogP contribution in [0.3, 0.4) is 0 Å². The van der Waals surface area contributed by atoms with E-state index < -0.39 is 37.5 Å². The van der Waals surface area contributed by atoms with Crippen LogP contribution in [0.25, 0.3) is 11.0 Å². The van der Waals surface area contributed by atoms with Gasteiger partial charge in [0.2, 0.25) is 5.88 Å². The Hall–Kier alpha value is -7.15. The number of carbonyl (C=O) groups excluding carboxylic acids is 1. The van der Waals surface area contributed by atoms with Crippen LogP contribution in [0.5, 0.6) is 17.4 Å². The van der Waals surface area contributed by atoms with Gasteiger partial charge in [0, 0.05) is 105 Å². The maximum Gasteiger partial charge on any atom is 0.297 e. The Morgan fingerprint density at radius 1 is 0.916 bits per heavy atom. The molecule has 0 unspecified atom stereocenters. The number of aromatic nitrogens is 4. The van der Waals surface area contributed by atoms with Crippen LogP contribution < -0.4 is 34.0 Å². The van der Waals surface area contributed by atoms with Gasteiger partial charge in [0.15, 0.2) is 11.4 Å². The number of aromatic amines is 1. The molecule has 22 nitrogen and oxygen atoms in total. The number of piperidine rings is 1. The van der Waals surface area contributed by atoms with Crippen LogP contribution in [0.1, 0.15) is 98.1 Å². The second-order valence-electron chi connectivity index (χ2n) is 23.9. The van der Waals surface area contributed by atoms with Crippen molar-refractivity contribution in [1.82, 2.24) is 34.5 Å². The van der Waals surface area contributed by atoms with Crippen LogP contribution in [0, 0.1) is 21.4 Å². The van der Waals surface area contributed by atoms with Crippen molar-refractivity contribution in [2.24, 2.45) is 11.3 Å². The molecule has 5 atom stereocenters. The lowest BCUT2D eigenvalue weighted by molar-refractivity contribution is -0.384. The summed E-state index contributed by atoms with van der Waals surface area (Å²) >= 11 is 0. The minimum absolute atomic E-state index is 0.0222. The number of H-pyrrole nitrogens is 1. The number of nitro groups is 1. The number of pyridine rings is 1. The smallest absolute Gasteiger partial charge is 0.297 e. The summed E-state index contributed by atoms with van der Waals surface area (Å²) in [6.07, 6.45) is 11.1. The fourth-order valence-corrected chi connectivity index (χ4v) is 15.4. The largest absolute Gasteiger partial charge is 0.491 e. The molecule has 3 aromatic carbocycles. The van der Waals surface area contributed by atoms with Crippen LogP contribution in [-0.4, -0.2) is 152 Å². The normalized spacial score (nSPS) is 24.8. The molecule has 1 aliphatic carbocycles. The van der Waals surface area contributed by atoms with E-state index in [-0.39, 0.29) is 71.8 Å². The number of benzene rings is 3. The predicted molar refractivity (Wildman–Crippen MR) is 307 cm³/mol. The van der Waals surface area contributed by atoms with E-state index in [1.165, 1.54) is 11.6 Å². The Bertz CT molecular complexity index is 3560. The summed E-state index contributed by atoms with van der Waals surface area (Å²) in [6.45, 7) is 11.5. The number of fused-ring (bicyclic) bond motifs is 5. The molecule has 3 N–H and O–H groups in total. The number of sulfonamides is 1. The van der Waals surface area contributed by atoms with E-state index in [1.54, 1.807) is 12.4 Å². The first-order valence-electron chi connectivity index (χ1n) is 29.2. The average Bonchev–Trinajstić information content (AvgIpc) is 4.15. The summed E-state index contributed by atoms with van der Waals surface area (Å²) in [5.41, 5.74) is 5.82. The van der Waals surface area contributed by atoms with Gasteiger partial charge < -0.3 is 48.5 Å². The molecule has 1 amide bonds. The van der Waals surface area contributed by atoms with Gasteiger partial charge in [-0.15, -0.1) is 0 Å². The van der Waals surface area contributed by atoms with Gasteiger partial charge in [0.1, 0.15) is 36.1 Å². The standard InChI is InChI=1S/C60H69N11O11S/c1-36(2)81-52-6-4-3-5-43(52)50-30-68(51-33-79-31-39-29-61-35-63-55(39)51)18-19-69(50)41-27-60(28-41)13-16-67(17-14-60)40-7-8-44(47(24-40)70-46-12-22-78-34-54(46)82-59-49(70)23-38-9-15-62-57(38)65-59)58(72)66-83(75,76)42-25-48(71(73)74)56-53(26-42)80-32-45(64-56)37-10-20-77-21-11-37/h3-9,15,23-26,29,35-37,41,45-46,50-51,54,64H,10-14,16-22,27-28,30-34H2,1-2H3,(H,62,65)(H,66,72)/t45-,46-,50-,51+,54-/m0/s1. The third-order valence-electron chi connectivity index (χ3n) is 18.7. The van der Waals surface area contributed by atoms with E-state index in [4.69, 9.17) is 38.4 Å². The molecule has 83 heavy (non-hydrogen) atoms. The van der Waals surface area contributed by atoms with Crippen LogP contribution in [-0.2, 0) is 30.8 Å². The van der Waals surface area contributed by atoms with E-state index in [0.29, 0.717) is 68.4 Å². The number of nitrogens with zero attached hydrogens (tertiary/aromatic N) is 8. The molecule has 0 radical (unpaired) electrons. The lowest BCUT2D eigenvalue weighted by Crippen LogP contribution is -2.60. The van der Waals surface area contributed by atoms with E-state index in [2.05, 4.69) is 77.7 Å². The summed E-state index contributed by atoms with van der Waals surface area (Å²) < 4.78 is 68.0. The maximum atomic E-state index is 15.0. The van der Waals surface area contributed by atoms with E-state index in [0.717, 1.165) is 105 Å². The number of para-hydroxylation sites is 1. The first-order chi connectivity index (χ1) is 40.3. The van der Waals surface area contributed by atoms with Crippen LogP contribution in [0.4, 0.5) is 28.4 Å². The molecular formula is C60H69N11O11S. The molecular weight excluding hydrogens is 1080 g/mol. The molecule has 7 aliphatic heterocycles. The highest BCUT2D eigenvalue weighted by Crippen LogP contribution is 2.55. The molecule has 10 heterocycles. The predicted octanol–water partition coefficient (Wildman–Crippen LogP) is 7.83. The Morgan fingerprint density at radius 2 is 1.75 bits per heavy atom. The van der Waals surface area contributed by atoms with Gasteiger partial charge in [-0.05, 0) is 107 Å². The van der Waals surface area contributed by atoms with Crippen molar-refractivity contribution in [3.63, 3.8) is 0 Å². The number of nitrogens with one attached hydrogen (secondary N) is 3. The second kappa shape index (κ2) is 21.8. The van der Waals surface area contributed by atoms with Crippen molar-refractivity contribution in [3.05, 3.63) is 118 Å². The Kier molecular flexibility index (Phi) is 14.1. The molecule has 4 saturated heterocycles. The van der Waals surface area contributed by atoms with E-state index >= 15 is 0 Å². The van der Waals surface area contributed by atoms with Gasteiger partial charge in [-0.3, -0.25) is 24.7 Å². The highest BCUT2D eigenvalue weighted by atomic mass is 32.2. The van der Waals surface area contributed by atoms with Crippen molar-refractivity contribution in [2.75, 3.05) is 87.5 Å². The molecule has 6 aromatic rings. The molecule has 23 heteroatoms. The first kappa shape index (κ1) is 53.8. The SMILES string of the molecule is CC(C)Oc1ccccc1[C@@H]1CN([C@@H]2COCc3cncnc32)CCN1C1CC2(CCN(c3ccc(C(=O)NS(=O)(=O)c4cc5c(c([N+](=O)[O-])c4)N[C@H](C4CCOCC4)CO5)c(N4c5cc6cc[nH]c6nc5O[C@H]5COCC[C@@H]54)c3)CC2)C1. The highest BCUT2D eigenvalue weighted by Gasteiger charge is 2.51. The number of hydrogen-bond acceptors (Lipinski definition) is 19. The lowest BCUT2D eigenvalue weighted by Gasteiger charge is -2.58. The summed E-state index contributed by atoms with van der Waals surface area (Å²) in [4.78, 5) is 53.3. The van der Waals surface area contributed by atoms with Crippen molar-refractivity contribution in [1.29, 1.82) is 0 Å². The number of nitro benzene ring substituents is 1. The fraction of sp³-hybridized carbons (Fsp3) is 0.500. The summed E-state index contributed by atoms with van der Waals surface area (Å²) in [5.74, 6) is 0.552. The van der Waals surface area contributed by atoms with Gasteiger partial charge in [0.05, 0.1) is 76.9 Å². The van der Waals surface area contributed by atoms with Gasteiger partial charge in [0.25, 0.3) is 21.6 Å². The molecule has 1 saturated carbocycles. The van der Waals surface area contributed by atoms with Crippen molar-refractivity contribution in [2.45, 2.75) is 113 Å². The highest BCUT2D eigenvalue weighted by molar-refractivity contribution is 7.90. The van der Waals surface area contributed by atoms with Gasteiger partial charge in [-0.25, -0.2) is 23.1 Å². The van der Waals surface area contributed by atoms with Crippen molar-refractivity contribution < 1.29 is 46.6 Å². The molecule has 1 spiro atoms. The molecule has 8 aliphatic rings. The third-order valence-corrected chi connectivity index (χ3v) is 20.0. The quantitative estimate of drug-likeness (QED) is 0.0781. The maximum absolute atomic E-state index is 15.0. The molecule has 0 bridgehead atoms. The van der Waals surface area contributed by atoms with Gasteiger partial charge >= 0.3 is 0 Å². The van der Waals surface area contributed by atoms with Crippen molar-refractivity contribution in [3.8, 4) is 17.4 Å². The zero-order valence-corrected chi connectivity index (χ0v) is 47.4. The summed E-state index contributed by atoms with van der Waals surface area (Å²) in [6, 6.07) is 20.2. The number of ether oxygens (including phenoxy) is 6. The molecule has 3 aromatic heterocycles. The fourth-order valence-electron chi connectivity index (χ4n) is 14.4. The second-order valence-corrected chi connectivity index (χ2v) is 25.6. The van der Waals surface area contributed by atoms with Crippen molar-refractivity contribution >= 4 is 55.4 Å². The third kappa shape index (κ3) is 10.1. The van der Waals surface area contributed by atoms with Crippen LogP contribution in [0.2, 0.25) is 0 Å². The number of anilines is 4. The van der Waals surface area contributed by atoms with Gasteiger partial charge in [-0.1, -0.05) is 18.2 Å². The number of hydrogen-bond donors (Lipinski definition) is 3. The van der Waals surface area contributed by atoms with Gasteiger partial charge in [-0.2, -0.15) is 4.98 Å². The summed E-state index contributed by atoms with van der Waals surface area (Å²) in [5, 5.41) is 16.7. The minimum Gasteiger partial charge on any atom is -0.491 e. The topological polar surface area (TPSA) is 241 Å². The zero-order chi connectivity index (χ0) is 56.6. The number of rotatable bonds is 12. The molecule has 14 rings (SSSR count). The number of amides is 1. The van der Waals surface area contributed by atoms with Crippen LogP contribution in [0.15, 0.2) is 90.3 Å². The van der Waals surface area contributed by atoms with E-state index in [9.17, 15) is 23.3 Å². The lowest BCUT2D eigenvalue weighted by atomic mass is 9.59.